The molecule has 0 radical (unpaired) electrons. The van der Waals surface area contributed by atoms with Gasteiger partial charge in [-0.15, -0.1) is 0 Å². The van der Waals surface area contributed by atoms with E-state index in [1.165, 1.54) is 11.1 Å². The van der Waals surface area contributed by atoms with Crippen molar-refractivity contribution in [3.63, 3.8) is 0 Å². The van der Waals surface area contributed by atoms with Gasteiger partial charge < -0.3 is 15.2 Å². The fourth-order valence-electron chi connectivity index (χ4n) is 2.02. The highest BCUT2D eigenvalue weighted by atomic mass is 16.5. The first-order valence-electron chi connectivity index (χ1n) is 6.74. The summed E-state index contributed by atoms with van der Waals surface area (Å²) >= 11 is 0. The average molecular weight is 251 g/mol. The van der Waals surface area contributed by atoms with E-state index in [1.807, 2.05) is 6.92 Å². The molecule has 1 rings (SSSR count). The molecule has 0 heterocycles. The zero-order valence-corrected chi connectivity index (χ0v) is 12.0. The van der Waals surface area contributed by atoms with Crippen molar-refractivity contribution in [1.29, 1.82) is 0 Å². The van der Waals surface area contributed by atoms with Crippen molar-refractivity contribution < 1.29 is 9.47 Å². The zero-order valence-electron chi connectivity index (χ0n) is 12.0. The molecule has 0 amide bonds. The highest BCUT2D eigenvalue weighted by Crippen LogP contribution is 2.31. The topological polar surface area (TPSA) is 44.5 Å². The fraction of sp³-hybridized carbons (Fsp3) is 0.600. The Bertz CT molecular complexity index is 377. The first-order valence-corrected chi connectivity index (χ1v) is 6.74. The lowest BCUT2D eigenvalue weighted by Gasteiger charge is -2.17. The summed E-state index contributed by atoms with van der Waals surface area (Å²) in [5.41, 5.74) is 8.62. The molecule has 1 aromatic carbocycles. The third kappa shape index (κ3) is 3.64. The molecule has 0 saturated carbocycles. The third-order valence-electron chi connectivity index (χ3n) is 3.17. The quantitative estimate of drug-likeness (QED) is 0.810. The Labute approximate surface area is 110 Å². The van der Waals surface area contributed by atoms with Crippen molar-refractivity contribution in [2.24, 2.45) is 5.73 Å². The van der Waals surface area contributed by atoms with E-state index in [4.69, 9.17) is 15.2 Å². The van der Waals surface area contributed by atoms with Crippen molar-refractivity contribution in [2.45, 2.75) is 46.1 Å². The van der Waals surface area contributed by atoms with Crippen molar-refractivity contribution in [3.05, 3.63) is 23.3 Å². The summed E-state index contributed by atoms with van der Waals surface area (Å²) < 4.78 is 11.0. The smallest absolute Gasteiger partial charge is 0.161 e. The van der Waals surface area contributed by atoms with Gasteiger partial charge in [0.15, 0.2) is 11.5 Å². The maximum absolute atomic E-state index is 6.05. The van der Waals surface area contributed by atoms with Crippen LogP contribution in [0.15, 0.2) is 12.1 Å². The average Bonchev–Trinajstić information content (AvgIpc) is 2.39. The summed E-state index contributed by atoms with van der Waals surface area (Å²) in [5.74, 6) is 1.62. The number of ether oxygens (including phenoxy) is 2. The van der Waals surface area contributed by atoms with Crippen LogP contribution in [0.5, 0.6) is 11.5 Å². The van der Waals surface area contributed by atoms with Crippen LogP contribution in [0, 0.1) is 0 Å². The number of rotatable bonds is 7. The van der Waals surface area contributed by atoms with Crippen molar-refractivity contribution >= 4 is 0 Å². The van der Waals surface area contributed by atoms with Gasteiger partial charge in [0.25, 0.3) is 0 Å². The van der Waals surface area contributed by atoms with E-state index in [2.05, 4.69) is 26.0 Å². The molecule has 3 nitrogen and oxygen atoms in total. The lowest BCUT2D eigenvalue weighted by molar-refractivity contribution is 0.310. The fourth-order valence-corrected chi connectivity index (χ4v) is 2.02. The molecule has 0 aliphatic rings. The maximum Gasteiger partial charge on any atom is 0.161 e. The van der Waals surface area contributed by atoms with E-state index >= 15 is 0 Å². The highest BCUT2D eigenvalue weighted by Gasteiger charge is 2.12. The van der Waals surface area contributed by atoms with Gasteiger partial charge in [-0.3, -0.25) is 0 Å². The molecule has 0 saturated heterocycles. The number of hydrogen-bond acceptors (Lipinski definition) is 3. The second-order valence-corrected chi connectivity index (χ2v) is 4.43. The number of nitrogens with two attached hydrogens (primary N) is 1. The molecular weight excluding hydrogens is 226 g/mol. The van der Waals surface area contributed by atoms with E-state index < -0.39 is 0 Å². The summed E-state index contributed by atoms with van der Waals surface area (Å²) in [6.07, 6.45) is 2.86. The van der Waals surface area contributed by atoms with Crippen LogP contribution >= 0.6 is 0 Å². The maximum atomic E-state index is 6.05. The molecule has 102 valence electrons. The molecule has 18 heavy (non-hydrogen) atoms. The van der Waals surface area contributed by atoms with Gasteiger partial charge in [-0.2, -0.15) is 0 Å². The standard InChI is InChI=1S/C15H25NO2/c1-5-11-9-14(17-4)15(18-7-3)10-12(11)8-13(16)6-2/h9-10,13H,5-8,16H2,1-4H3. The van der Waals surface area contributed by atoms with Gasteiger partial charge in [0, 0.05) is 6.04 Å². The molecule has 0 aromatic heterocycles. The van der Waals surface area contributed by atoms with Gasteiger partial charge in [0.05, 0.1) is 13.7 Å². The van der Waals surface area contributed by atoms with E-state index in [0.717, 1.165) is 30.8 Å². The van der Waals surface area contributed by atoms with Crippen LogP contribution in [-0.2, 0) is 12.8 Å². The first kappa shape index (κ1) is 14.8. The Hall–Kier alpha value is -1.22. The second kappa shape index (κ2) is 7.27. The van der Waals surface area contributed by atoms with E-state index in [1.54, 1.807) is 7.11 Å². The normalized spacial score (nSPS) is 12.3. The number of benzene rings is 1. The summed E-state index contributed by atoms with van der Waals surface area (Å²) in [7, 11) is 1.68. The molecular formula is C15H25NO2. The Morgan fingerprint density at radius 3 is 2.28 bits per heavy atom. The predicted octanol–water partition coefficient (Wildman–Crippen LogP) is 2.94. The number of methoxy groups -OCH3 is 1. The molecule has 0 aliphatic carbocycles. The summed E-state index contributed by atoms with van der Waals surface area (Å²) in [4.78, 5) is 0. The Balaban J connectivity index is 3.10. The minimum absolute atomic E-state index is 0.207. The van der Waals surface area contributed by atoms with Gasteiger partial charge in [-0.05, 0) is 49.4 Å². The van der Waals surface area contributed by atoms with E-state index in [-0.39, 0.29) is 6.04 Å². The van der Waals surface area contributed by atoms with Crippen LogP contribution in [0.1, 0.15) is 38.3 Å². The second-order valence-electron chi connectivity index (χ2n) is 4.43. The Morgan fingerprint density at radius 2 is 1.78 bits per heavy atom. The lowest BCUT2D eigenvalue weighted by Crippen LogP contribution is -2.22. The van der Waals surface area contributed by atoms with Crippen molar-refractivity contribution in [3.8, 4) is 11.5 Å². The monoisotopic (exact) mass is 251 g/mol. The Kier molecular flexibility index (Phi) is 5.99. The predicted molar refractivity (Wildman–Crippen MR) is 75.5 cm³/mol. The summed E-state index contributed by atoms with van der Waals surface area (Å²) in [6, 6.07) is 4.36. The number of aryl methyl sites for hydroxylation is 1. The molecule has 0 bridgehead atoms. The third-order valence-corrected chi connectivity index (χ3v) is 3.17. The molecule has 1 aromatic rings. The largest absolute Gasteiger partial charge is 0.493 e. The minimum Gasteiger partial charge on any atom is -0.493 e. The molecule has 1 unspecified atom stereocenters. The van der Waals surface area contributed by atoms with Crippen LogP contribution in [0.3, 0.4) is 0 Å². The van der Waals surface area contributed by atoms with Crippen LogP contribution in [-0.4, -0.2) is 19.8 Å². The summed E-state index contributed by atoms with van der Waals surface area (Å²) in [5, 5.41) is 0. The van der Waals surface area contributed by atoms with E-state index in [0.29, 0.717) is 6.61 Å². The van der Waals surface area contributed by atoms with Crippen molar-refractivity contribution in [1.82, 2.24) is 0 Å². The van der Waals surface area contributed by atoms with Gasteiger partial charge in [-0.25, -0.2) is 0 Å². The van der Waals surface area contributed by atoms with E-state index in [9.17, 15) is 0 Å². The van der Waals surface area contributed by atoms with Gasteiger partial charge in [-0.1, -0.05) is 13.8 Å². The molecule has 2 N–H and O–H groups in total. The van der Waals surface area contributed by atoms with Crippen LogP contribution in [0.2, 0.25) is 0 Å². The van der Waals surface area contributed by atoms with Gasteiger partial charge in [0.1, 0.15) is 0 Å². The Morgan fingerprint density at radius 1 is 1.11 bits per heavy atom. The van der Waals surface area contributed by atoms with Crippen LogP contribution in [0.25, 0.3) is 0 Å². The molecule has 0 aliphatic heterocycles. The van der Waals surface area contributed by atoms with Gasteiger partial charge >= 0.3 is 0 Å². The van der Waals surface area contributed by atoms with Gasteiger partial charge in [0.2, 0.25) is 0 Å². The minimum atomic E-state index is 0.207. The molecule has 0 fully saturated rings. The summed E-state index contributed by atoms with van der Waals surface area (Å²) in [6.45, 7) is 6.88. The van der Waals surface area contributed by atoms with Crippen LogP contribution < -0.4 is 15.2 Å². The molecule has 1 atom stereocenters. The molecule has 0 spiro atoms. The number of hydrogen-bond donors (Lipinski definition) is 1. The first-order chi connectivity index (χ1) is 8.65. The van der Waals surface area contributed by atoms with Crippen LogP contribution in [0.4, 0.5) is 0 Å². The lowest BCUT2D eigenvalue weighted by atomic mass is 9.97. The molecule has 3 heteroatoms. The highest BCUT2D eigenvalue weighted by molar-refractivity contribution is 5.47. The SMILES string of the molecule is CCOc1cc(CC(N)CC)c(CC)cc1OC. The zero-order chi connectivity index (χ0) is 13.5. The van der Waals surface area contributed by atoms with Crippen molar-refractivity contribution in [2.75, 3.05) is 13.7 Å².